The van der Waals surface area contributed by atoms with E-state index >= 15 is 0 Å². The number of aliphatic hydroxyl groups is 1. The number of hydrogen-bond donors (Lipinski definition) is 2. The Labute approximate surface area is 129 Å². The van der Waals surface area contributed by atoms with Gasteiger partial charge < -0.3 is 15.3 Å². The summed E-state index contributed by atoms with van der Waals surface area (Å²) in [6, 6.07) is 6.34. The Hall–Kier alpha value is -2.15. The first kappa shape index (κ1) is 16.2. The van der Waals surface area contributed by atoms with Gasteiger partial charge in [-0.15, -0.1) is 0 Å². The number of nitrogens with zero attached hydrogens (tertiary/aromatic N) is 2. The van der Waals surface area contributed by atoms with E-state index in [4.69, 9.17) is 0 Å². The lowest BCUT2D eigenvalue weighted by Crippen LogP contribution is -2.35. The largest absolute Gasteiger partial charge is 0.391 e. The Kier molecular flexibility index (Phi) is 5.32. The summed E-state index contributed by atoms with van der Waals surface area (Å²) < 4.78 is 0. The molecule has 1 aliphatic rings. The highest BCUT2D eigenvalue weighted by atomic mass is 16.6. The van der Waals surface area contributed by atoms with Gasteiger partial charge >= 0.3 is 0 Å². The van der Waals surface area contributed by atoms with Crippen LogP contribution in [0.25, 0.3) is 0 Å². The lowest BCUT2D eigenvalue weighted by Gasteiger charge is -2.21. The van der Waals surface area contributed by atoms with Gasteiger partial charge in [-0.3, -0.25) is 14.9 Å². The van der Waals surface area contributed by atoms with Crippen molar-refractivity contribution in [3.05, 3.63) is 34.4 Å². The summed E-state index contributed by atoms with van der Waals surface area (Å²) in [5, 5.41) is 23.6. The molecule has 0 heterocycles. The average Bonchev–Trinajstić information content (AvgIpc) is 3.32. The smallest absolute Gasteiger partial charge is 0.292 e. The van der Waals surface area contributed by atoms with E-state index < -0.39 is 11.0 Å². The van der Waals surface area contributed by atoms with Gasteiger partial charge in [0.05, 0.1) is 11.0 Å². The standard InChI is InChI=1S/C15H21N3O4/c1-17(10-14(19)11-6-7-11)15(20)8-9-16-12-4-2-3-5-13(12)18(21)22/h2-5,11,14,16,19H,6-10H2,1H3. The number of amides is 1. The maximum Gasteiger partial charge on any atom is 0.292 e. The van der Waals surface area contributed by atoms with Crippen LogP contribution in [0.4, 0.5) is 11.4 Å². The number of anilines is 1. The zero-order valence-corrected chi connectivity index (χ0v) is 12.6. The number of rotatable bonds is 8. The SMILES string of the molecule is CN(CC(O)C1CC1)C(=O)CCNc1ccccc1[N+](=O)[O-]. The van der Waals surface area contributed by atoms with E-state index in [1.807, 2.05) is 0 Å². The van der Waals surface area contributed by atoms with Gasteiger partial charge in [0.25, 0.3) is 5.69 Å². The minimum atomic E-state index is -0.456. The molecule has 1 aromatic carbocycles. The van der Waals surface area contributed by atoms with Gasteiger partial charge in [0.2, 0.25) is 5.91 Å². The highest BCUT2D eigenvalue weighted by Crippen LogP contribution is 2.32. The Morgan fingerprint density at radius 2 is 2.18 bits per heavy atom. The minimum absolute atomic E-state index is 0.00698. The molecule has 22 heavy (non-hydrogen) atoms. The molecule has 2 rings (SSSR count). The van der Waals surface area contributed by atoms with Crippen LogP contribution < -0.4 is 5.32 Å². The fourth-order valence-electron chi connectivity index (χ4n) is 2.29. The quantitative estimate of drug-likeness (QED) is 0.562. The van der Waals surface area contributed by atoms with Gasteiger partial charge in [-0.05, 0) is 24.8 Å². The van der Waals surface area contributed by atoms with Crippen LogP contribution >= 0.6 is 0 Å². The molecule has 7 heteroatoms. The summed E-state index contributed by atoms with van der Waals surface area (Å²) in [4.78, 5) is 23.9. The van der Waals surface area contributed by atoms with Crippen molar-refractivity contribution >= 4 is 17.3 Å². The molecule has 0 spiro atoms. The van der Waals surface area contributed by atoms with Crippen molar-refractivity contribution in [1.29, 1.82) is 0 Å². The van der Waals surface area contributed by atoms with Crippen molar-refractivity contribution in [3.63, 3.8) is 0 Å². The topological polar surface area (TPSA) is 95.7 Å². The van der Waals surface area contributed by atoms with Gasteiger partial charge in [-0.25, -0.2) is 0 Å². The number of aliphatic hydroxyl groups excluding tert-OH is 1. The lowest BCUT2D eigenvalue weighted by molar-refractivity contribution is -0.384. The fourth-order valence-corrected chi connectivity index (χ4v) is 2.29. The number of nitro groups is 1. The normalized spacial score (nSPS) is 15.2. The number of hydrogen-bond acceptors (Lipinski definition) is 5. The Morgan fingerprint density at radius 3 is 2.82 bits per heavy atom. The monoisotopic (exact) mass is 307 g/mol. The maximum atomic E-state index is 12.0. The molecule has 0 saturated heterocycles. The van der Waals surface area contributed by atoms with E-state index in [2.05, 4.69) is 5.32 Å². The van der Waals surface area contributed by atoms with Crippen LogP contribution in [0.3, 0.4) is 0 Å². The third-order valence-electron chi connectivity index (χ3n) is 3.81. The fraction of sp³-hybridized carbons (Fsp3) is 0.533. The molecule has 1 amide bonds. The summed E-state index contributed by atoms with van der Waals surface area (Å²) in [6.45, 7) is 0.655. The molecule has 1 aliphatic carbocycles. The molecule has 1 unspecified atom stereocenters. The van der Waals surface area contributed by atoms with Gasteiger partial charge in [0.15, 0.2) is 0 Å². The number of benzene rings is 1. The van der Waals surface area contributed by atoms with E-state index in [0.717, 1.165) is 12.8 Å². The van der Waals surface area contributed by atoms with E-state index in [1.54, 1.807) is 25.2 Å². The third kappa shape index (κ3) is 4.42. The zero-order valence-electron chi connectivity index (χ0n) is 12.6. The first-order valence-electron chi connectivity index (χ1n) is 7.38. The Bertz CT molecular complexity index is 545. The predicted molar refractivity (Wildman–Crippen MR) is 82.6 cm³/mol. The van der Waals surface area contributed by atoms with Gasteiger partial charge in [0, 0.05) is 32.6 Å². The predicted octanol–water partition coefficient (Wildman–Crippen LogP) is 1.63. The number of carbonyl (C=O) groups is 1. The molecule has 1 fully saturated rings. The van der Waals surface area contributed by atoms with Crippen LogP contribution in [0.2, 0.25) is 0 Å². The lowest BCUT2D eigenvalue weighted by atomic mass is 10.2. The Balaban J connectivity index is 1.78. The van der Waals surface area contributed by atoms with Crippen molar-refractivity contribution < 1.29 is 14.8 Å². The molecular weight excluding hydrogens is 286 g/mol. The number of nitro benzene ring substituents is 1. The van der Waals surface area contributed by atoms with Crippen molar-refractivity contribution in [2.75, 3.05) is 25.5 Å². The molecule has 0 aromatic heterocycles. The minimum Gasteiger partial charge on any atom is -0.391 e. The summed E-state index contributed by atoms with van der Waals surface area (Å²) >= 11 is 0. The van der Waals surface area contributed by atoms with Crippen LogP contribution in [0, 0.1) is 16.0 Å². The first-order chi connectivity index (χ1) is 10.5. The number of likely N-dealkylation sites (N-methyl/N-ethyl adjacent to an activating group) is 1. The van der Waals surface area contributed by atoms with E-state index in [-0.39, 0.29) is 18.0 Å². The summed E-state index contributed by atoms with van der Waals surface area (Å²) in [6.07, 6.45) is 1.84. The van der Waals surface area contributed by atoms with Crippen LogP contribution in [-0.2, 0) is 4.79 Å². The molecular formula is C15H21N3O4. The van der Waals surface area contributed by atoms with Crippen LogP contribution in [0.1, 0.15) is 19.3 Å². The number of carbonyl (C=O) groups excluding carboxylic acids is 1. The zero-order chi connectivity index (χ0) is 16.1. The molecule has 0 radical (unpaired) electrons. The molecule has 7 nitrogen and oxygen atoms in total. The second-order valence-corrected chi connectivity index (χ2v) is 5.63. The van der Waals surface area contributed by atoms with Gasteiger partial charge in [-0.2, -0.15) is 0 Å². The van der Waals surface area contributed by atoms with Crippen molar-refractivity contribution in [2.45, 2.75) is 25.4 Å². The first-order valence-corrected chi connectivity index (χ1v) is 7.38. The molecule has 0 aliphatic heterocycles. The number of nitrogens with one attached hydrogen (secondary N) is 1. The third-order valence-corrected chi connectivity index (χ3v) is 3.81. The van der Waals surface area contributed by atoms with Gasteiger partial charge in [-0.1, -0.05) is 12.1 Å². The highest BCUT2D eigenvalue weighted by molar-refractivity contribution is 5.76. The molecule has 1 atom stereocenters. The van der Waals surface area contributed by atoms with Gasteiger partial charge in [0.1, 0.15) is 5.69 Å². The van der Waals surface area contributed by atoms with E-state index in [1.165, 1.54) is 11.0 Å². The van der Waals surface area contributed by atoms with Crippen LogP contribution in [0.5, 0.6) is 0 Å². The summed E-state index contributed by atoms with van der Waals surface area (Å²) in [5.41, 5.74) is 0.397. The average molecular weight is 307 g/mol. The van der Waals surface area contributed by atoms with Crippen LogP contribution in [0.15, 0.2) is 24.3 Å². The van der Waals surface area contributed by atoms with Crippen molar-refractivity contribution in [1.82, 2.24) is 4.90 Å². The van der Waals surface area contributed by atoms with E-state index in [9.17, 15) is 20.0 Å². The second kappa shape index (κ2) is 7.22. The molecule has 1 saturated carbocycles. The Morgan fingerprint density at radius 1 is 1.50 bits per heavy atom. The summed E-state index contributed by atoms with van der Waals surface area (Å²) in [5.74, 6) is 0.242. The van der Waals surface area contributed by atoms with E-state index in [0.29, 0.717) is 24.7 Å². The molecule has 0 bridgehead atoms. The van der Waals surface area contributed by atoms with Crippen molar-refractivity contribution in [2.24, 2.45) is 5.92 Å². The molecule has 1 aromatic rings. The highest BCUT2D eigenvalue weighted by Gasteiger charge is 2.31. The number of para-hydroxylation sites is 2. The van der Waals surface area contributed by atoms with Crippen molar-refractivity contribution in [3.8, 4) is 0 Å². The maximum absolute atomic E-state index is 12.0. The van der Waals surface area contributed by atoms with Crippen LogP contribution in [-0.4, -0.2) is 47.1 Å². The molecule has 120 valence electrons. The second-order valence-electron chi connectivity index (χ2n) is 5.63. The molecule has 2 N–H and O–H groups in total. The summed E-state index contributed by atoms with van der Waals surface area (Å²) in [7, 11) is 1.67.